The van der Waals surface area contributed by atoms with Gasteiger partial charge in [-0.1, -0.05) is 24.8 Å². The van der Waals surface area contributed by atoms with Crippen LogP contribution in [-0.4, -0.2) is 23.7 Å². The number of rotatable bonds is 7. The van der Waals surface area contributed by atoms with Crippen LogP contribution in [0.1, 0.15) is 15.9 Å². The molecule has 0 spiro atoms. The van der Waals surface area contributed by atoms with E-state index in [2.05, 4.69) is 17.1 Å². The van der Waals surface area contributed by atoms with Crippen LogP contribution in [0.25, 0.3) is 0 Å². The van der Waals surface area contributed by atoms with E-state index in [0.29, 0.717) is 16.9 Å². The molecule has 0 bridgehead atoms. The maximum atomic E-state index is 12.1. The Labute approximate surface area is 138 Å². The van der Waals surface area contributed by atoms with E-state index in [1.54, 1.807) is 30.3 Å². The largest absolute Gasteiger partial charge is 0.489 e. The van der Waals surface area contributed by atoms with Gasteiger partial charge in [0.2, 0.25) is 0 Å². The van der Waals surface area contributed by atoms with E-state index in [-0.39, 0.29) is 12.3 Å². The zero-order chi connectivity index (χ0) is 17.4. The number of hydrogen-bond donors (Lipinski definition) is 1. The third kappa shape index (κ3) is 4.51. The maximum Gasteiger partial charge on any atom is 0.275 e. The Hall–Kier alpha value is -3.48. The lowest BCUT2D eigenvalue weighted by molar-refractivity contribution is -0.384. The molecule has 1 N–H and O–H groups in total. The SMILES string of the molecule is C=CCOc1ccccc1C(=O)N/N=C/c1ccc([N+](=O)[O-])cc1. The number of ether oxygens (including phenoxy) is 1. The Morgan fingerprint density at radius 2 is 1.96 bits per heavy atom. The van der Waals surface area contributed by atoms with Crippen molar-refractivity contribution in [2.75, 3.05) is 6.61 Å². The predicted octanol–water partition coefficient (Wildman–Crippen LogP) is 2.92. The number of para-hydroxylation sites is 1. The van der Waals surface area contributed by atoms with Gasteiger partial charge in [0, 0.05) is 12.1 Å². The molecule has 0 saturated carbocycles. The van der Waals surface area contributed by atoms with E-state index >= 15 is 0 Å². The number of nitro groups is 1. The van der Waals surface area contributed by atoms with Crippen molar-refractivity contribution in [1.29, 1.82) is 0 Å². The predicted molar refractivity (Wildman–Crippen MR) is 90.3 cm³/mol. The van der Waals surface area contributed by atoms with Crippen molar-refractivity contribution in [3.63, 3.8) is 0 Å². The second kappa shape index (κ2) is 8.23. The molecule has 0 radical (unpaired) electrons. The van der Waals surface area contributed by atoms with Crippen LogP contribution in [0.2, 0.25) is 0 Å². The first-order valence-corrected chi connectivity index (χ1v) is 7.02. The van der Waals surface area contributed by atoms with E-state index in [1.807, 2.05) is 0 Å². The van der Waals surface area contributed by atoms with Crippen LogP contribution in [0.15, 0.2) is 66.3 Å². The molecule has 0 aromatic heterocycles. The minimum atomic E-state index is -0.483. The molecule has 2 rings (SSSR count). The zero-order valence-electron chi connectivity index (χ0n) is 12.7. The number of hydrazone groups is 1. The number of amides is 1. The van der Waals surface area contributed by atoms with E-state index in [9.17, 15) is 14.9 Å². The molecule has 0 fully saturated rings. The molecular weight excluding hydrogens is 310 g/mol. The van der Waals surface area contributed by atoms with Gasteiger partial charge in [0.15, 0.2) is 0 Å². The highest BCUT2D eigenvalue weighted by Crippen LogP contribution is 2.17. The Balaban J connectivity index is 2.02. The topological polar surface area (TPSA) is 93.8 Å². The van der Waals surface area contributed by atoms with E-state index in [1.165, 1.54) is 30.5 Å². The van der Waals surface area contributed by atoms with Gasteiger partial charge in [0.25, 0.3) is 11.6 Å². The lowest BCUT2D eigenvalue weighted by atomic mass is 10.2. The van der Waals surface area contributed by atoms with Crippen molar-refractivity contribution in [3.8, 4) is 5.75 Å². The molecule has 2 aromatic rings. The second-order valence-corrected chi connectivity index (χ2v) is 4.64. The van der Waals surface area contributed by atoms with Gasteiger partial charge in [-0.05, 0) is 29.8 Å². The van der Waals surface area contributed by atoms with Crippen LogP contribution in [-0.2, 0) is 0 Å². The van der Waals surface area contributed by atoms with E-state index in [4.69, 9.17) is 4.74 Å². The molecule has 7 nitrogen and oxygen atoms in total. The molecule has 0 saturated heterocycles. The van der Waals surface area contributed by atoms with Gasteiger partial charge in [-0.3, -0.25) is 14.9 Å². The van der Waals surface area contributed by atoms with Gasteiger partial charge in [-0.25, -0.2) is 5.43 Å². The van der Waals surface area contributed by atoms with Gasteiger partial charge in [-0.2, -0.15) is 5.10 Å². The van der Waals surface area contributed by atoms with Crippen LogP contribution in [0.4, 0.5) is 5.69 Å². The van der Waals surface area contributed by atoms with Gasteiger partial charge in [0.05, 0.1) is 16.7 Å². The van der Waals surface area contributed by atoms with Gasteiger partial charge in [0.1, 0.15) is 12.4 Å². The average molecular weight is 325 g/mol. The Kier molecular flexibility index (Phi) is 5.79. The van der Waals surface area contributed by atoms with Crippen LogP contribution in [0, 0.1) is 10.1 Å². The molecule has 0 aliphatic rings. The molecule has 1 amide bonds. The third-order valence-corrected chi connectivity index (χ3v) is 2.97. The number of benzene rings is 2. The summed E-state index contributed by atoms with van der Waals surface area (Å²) in [6.45, 7) is 3.85. The molecule has 0 unspecified atom stereocenters. The highest BCUT2D eigenvalue weighted by atomic mass is 16.6. The number of nitrogens with one attached hydrogen (secondary N) is 1. The maximum absolute atomic E-state index is 12.1. The number of carbonyl (C=O) groups is 1. The van der Waals surface area contributed by atoms with Crippen LogP contribution in [0.5, 0.6) is 5.75 Å². The number of carbonyl (C=O) groups excluding carboxylic acids is 1. The quantitative estimate of drug-likeness (QED) is 0.366. The molecule has 0 aliphatic carbocycles. The first-order valence-electron chi connectivity index (χ1n) is 7.02. The molecule has 0 heterocycles. The summed E-state index contributed by atoms with van der Waals surface area (Å²) in [5, 5.41) is 14.4. The van der Waals surface area contributed by atoms with Crippen molar-refractivity contribution in [1.82, 2.24) is 5.43 Å². The van der Waals surface area contributed by atoms with Crippen molar-refractivity contribution < 1.29 is 14.5 Å². The Morgan fingerprint density at radius 3 is 2.62 bits per heavy atom. The molecule has 24 heavy (non-hydrogen) atoms. The smallest absolute Gasteiger partial charge is 0.275 e. The Morgan fingerprint density at radius 1 is 1.25 bits per heavy atom. The minimum Gasteiger partial charge on any atom is -0.489 e. The first-order chi connectivity index (χ1) is 11.6. The average Bonchev–Trinajstić information content (AvgIpc) is 2.60. The number of non-ortho nitro benzene ring substituents is 1. The lowest BCUT2D eigenvalue weighted by Crippen LogP contribution is -2.18. The summed E-state index contributed by atoms with van der Waals surface area (Å²) in [5.74, 6) is 0.00765. The molecule has 0 aliphatic heterocycles. The van der Waals surface area contributed by atoms with Crippen molar-refractivity contribution in [2.24, 2.45) is 5.10 Å². The molecule has 122 valence electrons. The monoisotopic (exact) mass is 325 g/mol. The summed E-state index contributed by atoms with van der Waals surface area (Å²) in [4.78, 5) is 22.2. The Bertz CT molecular complexity index is 770. The summed E-state index contributed by atoms with van der Waals surface area (Å²) < 4.78 is 5.41. The van der Waals surface area contributed by atoms with E-state index in [0.717, 1.165) is 0 Å². The number of hydrogen-bond acceptors (Lipinski definition) is 5. The third-order valence-electron chi connectivity index (χ3n) is 2.97. The van der Waals surface area contributed by atoms with Gasteiger partial charge >= 0.3 is 0 Å². The molecule has 7 heteroatoms. The van der Waals surface area contributed by atoms with Crippen molar-refractivity contribution in [2.45, 2.75) is 0 Å². The van der Waals surface area contributed by atoms with Crippen LogP contribution < -0.4 is 10.2 Å². The highest BCUT2D eigenvalue weighted by Gasteiger charge is 2.10. The normalized spacial score (nSPS) is 10.3. The fourth-order valence-corrected chi connectivity index (χ4v) is 1.84. The lowest BCUT2D eigenvalue weighted by Gasteiger charge is -2.08. The summed E-state index contributed by atoms with van der Waals surface area (Å²) in [6, 6.07) is 12.6. The van der Waals surface area contributed by atoms with Crippen LogP contribution >= 0.6 is 0 Å². The first kappa shape index (κ1) is 16.9. The standard InChI is InChI=1S/C17H15N3O4/c1-2-11-24-16-6-4-3-5-15(16)17(21)19-18-12-13-7-9-14(10-8-13)20(22)23/h2-10,12H,1,11H2,(H,19,21)/b18-12+. The van der Waals surface area contributed by atoms with Crippen molar-refractivity contribution in [3.05, 3.63) is 82.4 Å². The fourth-order valence-electron chi connectivity index (χ4n) is 1.84. The molecule has 2 aromatic carbocycles. The van der Waals surface area contributed by atoms with Gasteiger partial charge in [-0.15, -0.1) is 0 Å². The number of nitrogens with zero attached hydrogens (tertiary/aromatic N) is 2. The summed E-state index contributed by atoms with van der Waals surface area (Å²) in [6.07, 6.45) is 2.98. The summed E-state index contributed by atoms with van der Waals surface area (Å²) in [5.41, 5.74) is 3.35. The zero-order valence-corrected chi connectivity index (χ0v) is 12.7. The molecular formula is C17H15N3O4. The second-order valence-electron chi connectivity index (χ2n) is 4.64. The van der Waals surface area contributed by atoms with Crippen LogP contribution in [0.3, 0.4) is 0 Å². The summed E-state index contributed by atoms with van der Waals surface area (Å²) >= 11 is 0. The number of nitro benzene ring substituents is 1. The minimum absolute atomic E-state index is 0.00974. The van der Waals surface area contributed by atoms with E-state index < -0.39 is 10.8 Å². The molecule has 0 atom stereocenters. The van der Waals surface area contributed by atoms with Gasteiger partial charge < -0.3 is 4.74 Å². The fraction of sp³-hybridized carbons (Fsp3) is 0.0588. The highest BCUT2D eigenvalue weighted by molar-refractivity contribution is 5.97. The summed E-state index contributed by atoms with van der Waals surface area (Å²) in [7, 11) is 0. The van der Waals surface area contributed by atoms with Crippen molar-refractivity contribution >= 4 is 17.8 Å².